The number of hydrogen-bond acceptors (Lipinski definition) is 2. The summed E-state index contributed by atoms with van der Waals surface area (Å²) < 4.78 is 0. The minimum Gasteiger partial charge on any atom is -0.374 e. The highest BCUT2D eigenvalue weighted by molar-refractivity contribution is 6.30. The van der Waals surface area contributed by atoms with Gasteiger partial charge in [0, 0.05) is 30.8 Å². The number of nitrogens with zero attached hydrogens (tertiary/aromatic N) is 1. The Kier molecular flexibility index (Phi) is 4.30. The van der Waals surface area contributed by atoms with Crippen molar-refractivity contribution in [3.63, 3.8) is 0 Å². The first-order valence-corrected chi connectivity index (χ1v) is 6.78. The summed E-state index contributed by atoms with van der Waals surface area (Å²) in [6.45, 7) is 5.19. The first kappa shape index (κ1) is 12.7. The lowest BCUT2D eigenvalue weighted by Gasteiger charge is -2.23. The van der Waals surface area contributed by atoms with Gasteiger partial charge in [0.05, 0.1) is 0 Å². The van der Waals surface area contributed by atoms with Gasteiger partial charge in [-0.15, -0.1) is 0 Å². The molecule has 1 N–H and O–H groups in total. The Morgan fingerprint density at radius 3 is 2.82 bits per heavy atom. The zero-order valence-electron chi connectivity index (χ0n) is 10.7. The molecule has 0 saturated heterocycles. The van der Waals surface area contributed by atoms with Gasteiger partial charge in [0.1, 0.15) is 0 Å². The first-order chi connectivity index (χ1) is 8.20. The SMILES string of the molecule is CCNCc1ccc(Cl)cc1N(C)CC1CC1. The van der Waals surface area contributed by atoms with Gasteiger partial charge in [0.25, 0.3) is 0 Å². The minimum atomic E-state index is 0.822. The van der Waals surface area contributed by atoms with Crippen molar-refractivity contribution in [2.75, 3.05) is 25.0 Å². The predicted octanol–water partition coefficient (Wildman–Crippen LogP) is 3.30. The third-order valence-electron chi connectivity index (χ3n) is 3.25. The van der Waals surface area contributed by atoms with Crippen molar-refractivity contribution in [3.8, 4) is 0 Å². The zero-order valence-corrected chi connectivity index (χ0v) is 11.4. The molecule has 0 bridgehead atoms. The van der Waals surface area contributed by atoms with Crippen LogP contribution in [-0.2, 0) is 6.54 Å². The monoisotopic (exact) mass is 252 g/mol. The molecule has 3 heteroatoms. The largest absolute Gasteiger partial charge is 0.374 e. The van der Waals surface area contributed by atoms with Crippen molar-refractivity contribution < 1.29 is 0 Å². The summed E-state index contributed by atoms with van der Waals surface area (Å²) in [6, 6.07) is 6.18. The Morgan fingerprint density at radius 1 is 1.41 bits per heavy atom. The van der Waals surface area contributed by atoms with Crippen LogP contribution in [0.25, 0.3) is 0 Å². The molecule has 1 aromatic rings. The van der Waals surface area contributed by atoms with E-state index in [0.717, 1.165) is 30.6 Å². The minimum absolute atomic E-state index is 0.822. The molecule has 0 unspecified atom stereocenters. The number of anilines is 1. The smallest absolute Gasteiger partial charge is 0.0426 e. The van der Waals surface area contributed by atoms with Crippen LogP contribution in [0, 0.1) is 5.92 Å². The molecule has 1 aromatic carbocycles. The van der Waals surface area contributed by atoms with E-state index in [0.29, 0.717) is 0 Å². The number of benzene rings is 1. The van der Waals surface area contributed by atoms with Crippen molar-refractivity contribution >= 4 is 17.3 Å². The summed E-state index contributed by atoms with van der Waals surface area (Å²) in [5.41, 5.74) is 2.60. The summed E-state index contributed by atoms with van der Waals surface area (Å²) in [6.07, 6.45) is 2.76. The van der Waals surface area contributed by atoms with E-state index in [1.165, 1.54) is 24.1 Å². The first-order valence-electron chi connectivity index (χ1n) is 6.41. The molecule has 94 valence electrons. The molecular weight excluding hydrogens is 232 g/mol. The number of halogens is 1. The molecule has 0 heterocycles. The second-order valence-electron chi connectivity index (χ2n) is 4.88. The molecule has 0 aliphatic heterocycles. The van der Waals surface area contributed by atoms with Crippen LogP contribution in [0.15, 0.2) is 18.2 Å². The van der Waals surface area contributed by atoms with Gasteiger partial charge in [-0.3, -0.25) is 0 Å². The van der Waals surface area contributed by atoms with Crippen molar-refractivity contribution in [3.05, 3.63) is 28.8 Å². The standard InChI is InChI=1S/C14H21ClN2/c1-3-16-9-12-6-7-13(15)8-14(12)17(2)10-11-4-5-11/h6-8,11,16H,3-5,9-10H2,1-2H3. The van der Waals surface area contributed by atoms with Crippen LogP contribution in [0.5, 0.6) is 0 Å². The van der Waals surface area contributed by atoms with Gasteiger partial charge in [-0.25, -0.2) is 0 Å². The van der Waals surface area contributed by atoms with Crippen molar-refractivity contribution in [1.82, 2.24) is 5.32 Å². The van der Waals surface area contributed by atoms with E-state index >= 15 is 0 Å². The maximum absolute atomic E-state index is 6.10. The molecule has 1 saturated carbocycles. The maximum Gasteiger partial charge on any atom is 0.0426 e. The Balaban J connectivity index is 2.12. The molecule has 1 fully saturated rings. The highest BCUT2D eigenvalue weighted by atomic mass is 35.5. The van der Waals surface area contributed by atoms with Gasteiger partial charge in [-0.2, -0.15) is 0 Å². The third-order valence-corrected chi connectivity index (χ3v) is 3.49. The van der Waals surface area contributed by atoms with Gasteiger partial charge >= 0.3 is 0 Å². The molecule has 17 heavy (non-hydrogen) atoms. The predicted molar refractivity (Wildman–Crippen MR) is 74.8 cm³/mol. The van der Waals surface area contributed by atoms with Crippen molar-refractivity contribution in [1.29, 1.82) is 0 Å². The summed E-state index contributed by atoms with van der Waals surface area (Å²) in [4.78, 5) is 2.34. The van der Waals surface area contributed by atoms with Crippen LogP contribution >= 0.6 is 11.6 Å². The summed E-state index contributed by atoms with van der Waals surface area (Å²) in [7, 11) is 2.17. The van der Waals surface area contributed by atoms with Crippen molar-refractivity contribution in [2.24, 2.45) is 5.92 Å². The lowest BCUT2D eigenvalue weighted by atomic mass is 10.1. The number of hydrogen-bond donors (Lipinski definition) is 1. The fraction of sp³-hybridized carbons (Fsp3) is 0.571. The van der Waals surface area contributed by atoms with E-state index in [1.807, 2.05) is 6.07 Å². The Labute approximate surface area is 109 Å². The van der Waals surface area contributed by atoms with Gasteiger partial charge in [0.2, 0.25) is 0 Å². The summed E-state index contributed by atoms with van der Waals surface area (Å²) in [5.74, 6) is 0.894. The zero-order chi connectivity index (χ0) is 12.3. The van der Waals surface area contributed by atoms with Crippen molar-refractivity contribution in [2.45, 2.75) is 26.3 Å². The van der Waals surface area contributed by atoms with Crippen LogP contribution in [0.2, 0.25) is 5.02 Å². The third kappa shape index (κ3) is 3.62. The molecule has 0 aromatic heterocycles. The van der Waals surface area contributed by atoms with Crippen LogP contribution in [0.4, 0.5) is 5.69 Å². The van der Waals surface area contributed by atoms with Crippen LogP contribution in [0.1, 0.15) is 25.3 Å². The van der Waals surface area contributed by atoms with Gasteiger partial charge in [-0.05, 0) is 43.0 Å². The normalized spacial score (nSPS) is 15.0. The number of rotatable bonds is 6. The van der Waals surface area contributed by atoms with Gasteiger partial charge < -0.3 is 10.2 Å². The van der Waals surface area contributed by atoms with Crippen LogP contribution in [-0.4, -0.2) is 20.1 Å². The topological polar surface area (TPSA) is 15.3 Å². The van der Waals surface area contributed by atoms with E-state index in [9.17, 15) is 0 Å². The summed E-state index contributed by atoms with van der Waals surface area (Å²) in [5, 5.41) is 4.20. The molecule has 2 rings (SSSR count). The van der Waals surface area contributed by atoms with E-state index in [4.69, 9.17) is 11.6 Å². The quantitative estimate of drug-likeness (QED) is 0.836. The molecular formula is C14H21ClN2. The fourth-order valence-electron chi connectivity index (χ4n) is 2.09. The molecule has 2 nitrogen and oxygen atoms in total. The van der Waals surface area contributed by atoms with E-state index in [-0.39, 0.29) is 0 Å². The molecule has 0 amide bonds. The average molecular weight is 253 g/mol. The second kappa shape index (κ2) is 5.74. The van der Waals surface area contributed by atoms with Crippen LogP contribution in [0.3, 0.4) is 0 Å². The maximum atomic E-state index is 6.10. The average Bonchev–Trinajstić information content (AvgIpc) is 3.11. The summed E-state index contributed by atoms with van der Waals surface area (Å²) >= 11 is 6.10. The van der Waals surface area contributed by atoms with Crippen LogP contribution < -0.4 is 10.2 Å². The van der Waals surface area contributed by atoms with Gasteiger partial charge in [0.15, 0.2) is 0 Å². The molecule has 0 radical (unpaired) electrons. The second-order valence-corrected chi connectivity index (χ2v) is 5.31. The van der Waals surface area contributed by atoms with E-state index < -0.39 is 0 Å². The van der Waals surface area contributed by atoms with Gasteiger partial charge in [-0.1, -0.05) is 24.6 Å². The van der Waals surface area contributed by atoms with E-state index in [2.05, 4.69) is 36.3 Å². The lowest BCUT2D eigenvalue weighted by Crippen LogP contribution is -2.23. The van der Waals surface area contributed by atoms with E-state index in [1.54, 1.807) is 0 Å². The highest BCUT2D eigenvalue weighted by Crippen LogP contribution is 2.32. The molecule has 1 aliphatic carbocycles. The Bertz CT molecular complexity index is 374. The Hall–Kier alpha value is -0.730. The number of nitrogens with one attached hydrogen (secondary N) is 1. The molecule has 1 aliphatic rings. The molecule has 0 spiro atoms. The fourth-order valence-corrected chi connectivity index (χ4v) is 2.25. The highest BCUT2D eigenvalue weighted by Gasteiger charge is 2.23. The molecule has 0 atom stereocenters. The Morgan fingerprint density at radius 2 is 2.18 bits per heavy atom. The lowest BCUT2D eigenvalue weighted by molar-refractivity contribution is 0.718.